The van der Waals surface area contributed by atoms with Crippen LogP contribution in [0.4, 0.5) is 5.69 Å². The van der Waals surface area contributed by atoms with Gasteiger partial charge in [0.25, 0.3) is 5.56 Å². The summed E-state index contributed by atoms with van der Waals surface area (Å²) in [6, 6.07) is 17.8. The Hall–Kier alpha value is -3.41. The highest BCUT2D eigenvalue weighted by Gasteiger charge is 2.15. The molecule has 0 unspecified atom stereocenters. The van der Waals surface area contributed by atoms with Crippen LogP contribution in [0.5, 0.6) is 0 Å². The number of nitrogens with zero attached hydrogens (tertiary/aromatic N) is 3. The van der Waals surface area contributed by atoms with Crippen molar-refractivity contribution >= 4 is 16.7 Å². The third kappa shape index (κ3) is 2.97. The lowest BCUT2D eigenvalue weighted by molar-refractivity contribution is 0.863. The van der Waals surface area contributed by atoms with Crippen LogP contribution in [0, 0.1) is 13.8 Å². The van der Waals surface area contributed by atoms with Gasteiger partial charge < -0.3 is 10.3 Å². The normalized spacial score (nSPS) is 11.0. The first-order chi connectivity index (χ1) is 12.6. The molecule has 0 aliphatic carbocycles. The molecule has 2 heterocycles. The number of fused-ring (bicyclic) bond motifs is 1. The first-order valence-electron chi connectivity index (χ1n) is 8.46. The highest BCUT2D eigenvalue weighted by atomic mass is 16.1. The van der Waals surface area contributed by atoms with E-state index in [0.717, 1.165) is 11.4 Å². The fourth-order valence-corrected chi connectivity index (χ4v) is 2.92. The lowest BCUT2D eigenvalue weighted by Gasteiger charge is -2.07. The maximum atomic E-state index is 12.5. The number of aromatic nitrogens is 4. The number of H-pyrrole nitrogens is 1. The summed E-state index contributed by atoms with van der Waals surface area (Å²) in [6.45, 7) is 4.29. The van der Waals surface area contributed by atoms with Crippen LogP contribution in [-0.4, -0.2) is 19.7 Å². The van der Waals surface area contributed by atoms with Crippen molar-refractivity contribution in [1.82, 2.24) is 19.7 Å². The minimum atomic E-state index is -0.171. The van der Waals surface area contributed by atoms with E-state index in [1.165, 1.54) is 5.56 Å². The quantitative estimate of drug-likeness (QED) is 0.595. The van der Waals surface area contributed by atoms with E-state index in [-0.39, 0.29) is 5.56 Å². The lowest BCUT2D eigenvalue weighted by atomic mass is 10.2. The number of aromatic amines is 1. The van der Waals surface area contributed by atoms with Gasteiger partial charge in [-0.2, -0.15) is 5.10 Å². The van der Waals surface area contributed by atoms with Crippen LogP contribution in [0.3, 0.4) is 0 Å². The molecule has 0 aliphatic heterocycles. The molecule has 0 saturated carbocycles. The van der Waals surface area contributed by atoms with Gasteiger partial charge in [-0.3, -0.25) is 4.79 Å². The minimum absolute atomic E-state index is 0.171. The average Bonchev–Trinajstić information content (AvgIpc) is 2.99. The van der Waals surface area contributed by atoms with Crippen molar-refractivity contribution in [2.45, 2.75) is 20.4 Å². The van der Waals surface area contributed by atoms with Crippen LogP contribution in [-0.2, 0) is 6.54 Å². The standard InChI is InChI=1S/C20H19N5O/c1-13-8-10-15(11-9-13)21-12-17-22-19-18(20(26)23-17)14(2)24-25(19)16-6-4-3-5-7-16/h3-11,21H,12H2,1-2H3,(H,22,23,26). The second-order valence-corrected chi connectivity index (χ2v) is 6.26. The Morgan fingerprint density at radius 1 is 1.04 bits per heavy atom. The maximum absolute atomic E-state index is 12.5. The monoisotopic (exact) mass is 345 g/mol. The average molecular weight is 345 g/mol. The van der Waals surface area contributed by atoms with Crippen LogP contribution in [0.1, 0.15) is 17.1 Å². The number of nitrogens with one attached hydrogen (secondary N) is 2. The van der Waals surface area contributed by atoms with Gasteiger partial charge in [-0.1, -0.05) is 35.9 Å². The van der Waals surface area contributed by atoms with Crippen molar-refractivity contribution in [2.75, 3.05) is 5.32 Å². The molecular formula is C20H19N5O. The molecule has 2 N–H and O–H groups in total. The molecule has 6 heteroatoms. The van der Waals surface area contributed by atoms with Gasteiger partial charge in [-0.05, 0) is 38.1 Å². The van der Waals surface area contributed by atoms with Gasteiger partial charge >= 0.3 is 0 Å². The summed E-state index contributed by atoms with van der Waals surface area (Å²) in [5.41, 5.74) is 4.11. The number of benzene rings is 2. The Labute approximate surface area is 150 Å². The first kappa shape index (κ1) is 16.1. The van der Waals surface area contributed by atoms with Crippen LogP contribution in [0.15, 0.2) is 59.4 Å². The van der Waals surface area contributed by atoms with E-state index < -0.39 is 0 Å². The summed E-state index contributed by atoms with van der Waals surface area (Å²) in [7, 11) is 0. The maximum Gasteiger partial charge on any atom is 0.262 e. The molecule has 4 aromatic rings. The largest absolute Gasteiger partial charge is 0.378 e. The smallest absolute Gasteiger partial charge is 0.262 e. The first-order valence-corrected chi connectivity index (χ1v) is 8.46. The number of anilines is 1. The Bertz CT molecular complexity index is 1110. The highest BCUT2D eigenvalue weighted by molar-refractivity contribution is 5.78. The Morgan fingerprint density at radius 3 is 2.50 bits per heavy atom. The molecule has 2 aromatic carbocycles. The van der Waals surface area contributed by atoms with Gasteiger partial charge in [0.1, 0.15) is 11.2 Å². The van der Waals surface area contributed by atoms with Crippen molar-refractivity contribution in [3.63, 3.8) is 0 Å². The molecule has 26 heavy (non-hydrogen) atoms. The molecule has 0 bridgehead atoms. The van der Waals surface area contributed by atoms with Gasteiger partial charge in [0, 0.05) is 5.69 Å². The summed E-state index contributed by atoms with van der Waals surface area (Å²) < 4.78 is 1.72. The predicted octanol–water partition coefficient (Wildman–Crippen LogP) is 3.34. The second-order valence-electron chi connectivity index (χ2n) is 6.26. The van der Waals surface area contributed by atoms with Crippen LogP contribution >= 0.6 is 0 Å². The highest BCUT2D eigenvalue weighted by Crippen LogP contribution is 2.17. The van der Waals surface area contributed by atoms with Gasteiger partial charge in [-0.25, -0.2) is 9.67 Å². The summed E-state index contributed by atoms with van der Waals surface area (Å²) in [5, 5.41) is 8.31. The zero-order chi connectivity index (χ0) is 18.1. The molecule has 0 aliphatic rings. The SMILES string of the molecule is Cc1ccc(NCc2nc3c(c(C)nn3-c3ccccc3)c(=O)[nH]2)cc1. The third-order valence-corrected chi connectivity index (χ3v) is 4.27. The zero-order valence-corrected chi connectivity index (χ0v) is 14.7. The number of hydrogen-bond acceptors (Lipinski definition) is 4. The van der Waals surface area contributed by atoms with E-state index in [0.29, 0.717) is 29.1 Å². The molecule has 0 amide bonds. The van der Waals surface area contributed by atoms with Crippen molar-refractivity contribution < 1.29 is 0 Å². The number of para-hydroxylation sites is 1. The van der Waals surface area contributed by atoms with Crippen LogP contribution in [0.25, 0.3) is 16.7 Å². The summed E-state index contributed by atoms with van der Waals surface area (Å²) in [5.74, 6) is 0.570. The van der Waals surface area contributed by atoms with Crippen LogP contribution < -0.4 is 10.9 Å². The van der Waals surface area contributed by atoms with Gasteiger partial charge in [-0.15, -0.1) is 0 Å². The van der Waals surface area contributed by atoms with Crippen molar-refractivity contribution in [3.8, 4) is 5.69 Å². The van der Waals surface area contributed by atoms with E-state index >= 15 is 0 Å². The third-order valence-electron chi connectivity index (χ3n) is 4.27. The fourth-order valence-electron chi connectivity index (χ4n) is 2.92. The molecule has 0 saturated heterocycles. The zero-order valence-electron chi connectivity index (χ0n) is 14.7. The van der Waals surface area contributed by atoms with Gasteiger partial charge in [0.05, 0.1) is 17.9 Å². The Kier molecular flexibility index (Phi) is 4.01. The van der Waals surface area contributed by atoms with E-state index in [4.69, 9.17) is 0 Å². The Morgan fingerprint density at radius 2 is 1.77 bits per heavy atom. The topological polar surface area (TPSA) is 75.6 Å². The number of rotatable bonds is 4. The van der Waals surface area contributed by atoms with E-state index in [1.807, 2.05) is 68.4 Å². The number of hydrogen-bond donors (Lipinski definition) is 2. The predicted molar refractivity (Wildman–Crippen MR) is 103 cm³/mol. The summed E-state index contributed by atoms with van der Waals surface area (Å²) in [6.07, 6.45) is 0. The van der Waals surface area contributed by atoms with Crippen LogP contribution in [0.2, 0.25) is 0 Å². The van der Waals surface area contributed by atoms with E-state index in [2.05, 4.69) is 20.4 Å². The molecule has 0 radical (unpaired) electrons. The second kappa shape index (κ2) is 6.48. The van der Waals surface area contributed by atoms with Crippen molar-refractivity contribution in [2.24, 2.45) is 0 Å². The van der Waals surface area contributed by atoms with E-state index in [9.17, 15) is 4.79 Å². The molecule has 2 aromatic heterocycles. The summed E-state index contributed by atoms with van der Waals surface area (Å²) in [4.78, 5) is 20.0. The van der Waals surface area contributed by atoms with Crippen molar-refractivity contribution in [1.29, 1.82) is 0 Å². The summed E-state index contributed by atoms with van der Waals surface area (Å²) >= 11 is 0. The lowest BCUT2D eigenvalue weighted by Crippen LogP contribution is -2.15. The van der Waals surface area contributed by atoms with Gasteiger partial charge in [0.15, 0.2) is 5.65 Å². The molecular weight excluding hydrogens is 326 g/mol. The Balaban J connectivity index is 1.73. The molecule has 0 fully saturated rings. The fraction of sp³-hybridized carbons (Fsp3) is 0.150. The molecule has 0 spiro atoms. The minimum Gasteiger partial charge on any atom is -0.378 e. The molecule has 130 valence electrons. The van der Waals surface area contributed by atoms with Gasteiger partial charge in [0.2, 0.25) is 0 Å². The van der Waals surface area contributed by atoms with Crippen molar-refractivity contribution in [3.05, 3.63) is 82.0 Å². The number of aryl methyl sites for hydroxylation is 2. The molecule has 0 atom stereocenters. The van der Waals surface area contributed by atoms with E-state index in [1.54, 1.807) is 4.68 Å². The molecule has 4 rings (SSSR count). The molecule has 6 nitrogen and oxygen atoms in total.